The van der Waals surface area contributed by atoms with Crippen LogP contribution >= 0.6 is 50.1 Å². The van der Waals surface area contributed by atoms with Crippen molar-refractivity contribution in [3.8, 4) is 0 Å². The van der Waals surface area contributed by atoms with Gasteiger partial charge in [-0.05, 0) is 62.3 Å². The highest BCUT2D eigenvalue weighted by Gasteiger charge is 2.18. The topological polar surface area (TPSA) is 20.3 Å². The van der Waals surface area contributed by atoms with Gasteiger partial charge in [0.25, 0.3) is 5.91 Å². The van der Waals surface area contributed by atoms with Gasteiger partial charge in [0, 0.05) is 27.0 Å². The van der Waals surface area contributed by atoms with Gasteiger partial charge in [0.05, 0.1) is 5.56 Å². The lowest BCUT2D eigenvalue weighted by Gasteiger charge is -2.22. The fraction of sp³-hybridized carbons (Fsp3) is 0.188. The second-order valence-electron chi connectivity index (χ2n) is 4.53. The average molecular weight is 479 g/mol. The average Bonchev–Trinajstić information content (AvgIpc) is 2.49. The molecule has 0 N–H and O–H groups in total. The lowest BCUT2D eigenvalue weighted by Crippen LogP contribution is -2.32. The first-order chi connectivity index (χ1) is 10.1. The van der Waals surface area contributed by atoms with Crippen molar-refractivity contribution >= 4 is 56.0 Å². The van der Waals surface area contributed by atoms with E-state index in [0.717, 1.165) is 13.6 Å². The van der Waals surface area contributed by atoms with Gasteiger partial charge in [0.1, 0.15) is 0 Å². The maximum Gasteiger partial charge on any atom is 0.255 e. The van der Waals surface area contributed by atoms with Gasteiger partial charge in [-0.25, -0.2) is 0 Å². The van der Waals surface area contributed by atoms with Gasteiger partial charge in [0.2, 0.25) is 0 Å². The first-order valence-electron chi connectivity index (χ1n) is 6.46. The molecular weight excluding hydrogens is 464 g/mol. The first-order valence-corrected chi connectivity index (χ1v) is 8.86. The molecule has 0 aromatic heterocycles. The Morgan fingerprint density at radius 2 is 1.90 bits per heavy atom. The van der Waals surface area contributed by atoms with Gasteiger partial charge >= 0.3 is 0 Å². The summed E-state index contributed by atoms with van der Waals surface area (Å²) < 4.78 is 1.84. The van der Waals surface area contributed by atoms with Crippen LogP contribution in [0.2, 0.25) is 0 Å². The summed E-state index contributed by atoms with van der Waals surface area (Å²) in [6.45, 7) is 1.08. The lowest BCUT2D eigenvalue weighted by atomic mass is 10.1. The van der Waals surface area contributed by atoms with Crippen molar-refractivity contribution in [2.45, 2.75) is 6.54 Å². The quantitative estimate of drug-likeness (QED) is 0.441. The van der Waals surface area contributed by atoms with Crippen molar-refractivity contribution in [1.82, 2.24) is 4.90 Å². The third-order valence-electron chi connectivity index (χ3n) is 3.02. The van der Waals surface area contributed by atoms with Crippen LogP contribution < -0.4 is 0 Å². The van der Waals surface area contributed by atoms with Crippen LogP contribution in [-0.4, -0.2) is 23.2 Å². The van der Waals surface area contributed by atoms with Crippen LogP contribution in [0.4, 0.5) is 0 Å². The highest BCUT2D eigenvalue weighted by Crippen LogP contribution is 2.22. The van der Waals surface area contributed by atoms with E-state index in [0.29, 0.717) is 24.5 Å². The molecule has 1 amide bonds. The number of amides is 1. The second kappa shape index (κ2) is 8.15. The molecule has 0 saturated carbocycles. The summed E-state index contributed by atoms with van der Waals surface area (Å²) in [6, 6.07) is 15.7. The molecule has 0 unspecified atom stereocenters. The molecular formula is C16H14BrClINO. The minimum Gasteiger partial charge on any atom is -0.333 e. The van der Waals surface area contributed by atoms with E-state index in [1.165, 1.54) is 0 Å². The molecule has 0 aliphatic heterocycles. The van der Waals surface area contributed by atoms with Gasteiger partial charge in [-0.1, -0.05) is 30.3 Å². The standard InChI is InChI=1S/C16H14BrClINO/c17-15-7-6-13(19)10-14(15)16(21)20(9-8-18)11-12-4-2-1-3-5-12/h1-7,10H,8-9,11H2. The van der Waals surface area contributed by atoms with E-state index in [1.807, 2.05) is 48.5 Å². The van der Waals surface area contributed by atoms with Crippen LogP contribution in [0.25, 0.3) is 0 Å². The molecule has 0 aliphatic rings. The molecule has 5 heteroatoms. The molecule has 0 aliphatic carbocycles. The lowest BCUT2D eigenvalue weighted by molar-refractivity contribution is 0.0752. The molecule has 21 heavy (non-hydrogen) atoms. The van der Waals surface area contributed by atoms with Gasteiger partial charge in [0.15, 0.2) is 0 Å². The number of alkyl halides is 1. The SMILES string of the molecule is O=C(c1cc(I)ccc1Br)N(CCCl)Cc1ccccc1. The normalized spacial score (nSPS) is 10.4. The zero-order valence-corrected chi connectivity index (χ0v) is 15.7. The molecule has 0 spiro atoms. The van der Waals surface area contributed by atoms with Crippen LogP contribution in [0.3, 0.4) is 0 Å². The summed E-state index contributed by atoms with van der Waals surface area (Å²) in [7, 11) is 0. The van der Waals surface area contributed by atoms with Crippen LogP contribution in [0.15, 0.2) is 53.0 Å². The van der Waals surface area contributed by atoms with Crippen LogP contribution in [0.5, 0.6) is 0 Å². The first kappa shape index (κ1) is 16.8. The molecule has 0 fully saturated rings. The third-order valence-corrected chi connectivity index (χ3v) is 4.55. The number of benzene rings is 2. The molecule has 0 heterocycles. The molecule has 2 aromatic rings. The number of rotatable bonds is 5. The minimum atomic E-state index is -0.00936. The van der Waals surface area contributed by atoms with Gasteiger partial charge in [-0.15, -0.1) is 11.6 Å². The molecule has 2 rings (SSSR count). The summed E-state index contributed by atoms with van der Waals surface area (Å²) >= 11 is 11.5. The minimum absolute atomic E-state index is 0.00936. The van der Waals surface area contributed by atoms with E-state index in [4.69, 9.17) is 11.6 Å². The van der Waals surface area contributed by atoms with Crippen LogP contribution in [0.1, 0.15) is 15.9 Å². The van der Waals surface area contributed by atoms with Crippen molar-refractivity contribution in [2.24, 2.45) is 0 Å². The number of carbonyl (C=O) groups excluding carboxylic acids is 1. The third kappa shape index (κ3) is 4.69. The second-order valence-corrected chi connectivity index (χ2v) is 7.00. The summed E-state index contributed by atoms with van der Waals surface area (Å²) in [4.78, 5) is 14.5. The van der Waals surface area contributed by atoms with E-state index < -0.39 is 0 Å². The number of halogens is 3. The van der Waals surface area contributed by atoms with E-state index in [2.05, 4.69) is 38.5 Å². The van der Waals surface area contributed by atoms with E-state index >= 15 is 0 Å². The molecule has 0 bridgehead atoms. The van der Waals surface area contributed by atoms with Gasteiger partial charge in [-0.2, -0.15) is 0 Å². The number of nitrogens with zero attached hydrogens (tertiary/aromatic N) is 1. The maximum atomic E-state index is 12.7. The molecule has 0 saturated heterocycles. The Morgan fingerprint density at radius 3 is 2.57 bits per heavy atom. The van der Waals surface area contributed by atoms with Crippen molar-refractivity contribution in [3.05, 3.63) is 67.7 Å². The molecule has 0 atom stereocenters. The molecule has 0 radical (unpaired) electrons. The predicted octanol–water partition coefficient (Wildman–Crippen LogP) is 4.93. The van der Waals surface area contributed by atoms with Crippen LogP contribution in [-0.2, 0) is 6.54 Å². The molecule has 110 valence electrons. The summed E-state index contributed by atoms with van der Waals surface area (Å²) in [5, 5.41) is 0. The largest absolute Gasteiger partial charge is 0.333 e. The highest BCUT2D eigenvalue weighted by molar-refractivity contribution is 14.1. The highest BCUT2D eigenvalue weighted by atomic mass is 127. The van der Waals surface area contributed by atoms with Crippen molar-refractivity contribution in [3.63, 3.8) is 0 Å². The molecule has 2 aromatic carbocycles. The fourth-order valence-corrected chi connectivity index (χ4v) is 3.10. The van der Waals surface area contributed by atoms with Crippen molar-refractivity contribution in [1.29, 1.82) is 0 Å². The monoisotopic (exact) mass is 477 g/mol. The number of hydrogen-bond donors (Lipinski definition) is 0. The Labute approximate surface area is 151 Å². The fourth-order valence-electron chi connectivity index (χ4n) is 1.99. The maximum absolute atomic E-state index is 12.7. The Kier molecular flexibility index (Phi) is 6.51. The Bertz CT molecular complexity index is 621. The van der Waals surface area contributed by atoms with Gasteiger partial charge < -0.3 is 4.90 Å². The predicted molar refractivity (Wildman–Crippen MR) is 98.8 cm³/mol. The van der Waals surface area contributed by atoms with E-state index in [-0.39, 0.29) is 5.91 Å². The zero-order chi connectivity index (χ0) is 15.2. The Hall–Kier alpha value is -0.590. The Morgan fingerprint density at radius 1 is 1.19 bits per heavy atom. The summed E-state index contributed by atoms with van der Waals surface area (Å²) in [6.07, 6.45) is 0. The van der Waals surface area contributed by atoms with Gasteiger partial charge in [-0.3, -0.25) is 4.79 Å². The van der Waals surface area contributed by atoms with Crippen LogP contribution in [0, 0.1) is 3.57 Å². The summed E-state index contributed by atoms with van der Waals surface area (Å²) in [5.41, 5.74) is 1.76. The smallest absolute Gasteiger partial charge is 0.255 e. The number of carbonyl (C=O) groups is 1. The van der Waals surface area contributed by atoms with E-state index in [1.54, 1.807) is 4.90 Å². The van der Waals surface area contributed by atoms with Crippen molar-refractivity contribution in [2.75, 3.05) is 12.4 Å². The zero-order valence-electron chi connectivity index (χ0n) is 11.2. The molecule has 2 nitrogen and oxygen atoms in total. The summed E-state index contributed by atoms with van der Waals surface area (Å²) in [5.74, 6) is 0.407. The van der Waals surface area contributed by atoms with Crippen molar-refractivity contribution < 1.29 is 4.79 Å². The number of hydrogen-bond acceptors (Lipinski definition) is 1. The van der Waals surface area contributed by atoms with E-state index in [9.17, 15) is 4.79 Å². The Balaban J connectivity index is 2.25.